The first-order chi connectivity index (χ1) is 17.0. The molecule has 4 aromatic rings. The first-order valence-corrected chi connectivity index (χ1v) is 10.5. The van der Waals surface area contributed by atoms with Crippen LogP contribution in [0, 0.1) is 10.1 Å². The number of nitro benzene ring substituents is 1. The fraction of sp³-hybridized carbons (Fsp3) is 0.120. The average molecular weight is 496 g/mol. The van der Waals surface area contributed by atoms with E-state index in [-0.39, 0.29) is 22.8 Å². The van der Waals surface area contributed by atoms with Crippen LogP contribution in [0.4, 0.5) is 18.9 Å². The van der Waals surface area contributed by atoms with E-state index in [2.05, 4.69) is 9.72 Å². The van der Waals surface area contributed by atoms with Gasteiger partial charge in [-0.1, -0.05) is 12.1 Å². The van der Waals surface area contributed by atoms with E-state index >= 15 is 0 Å². The molecule has 0 amide bonds. The highest BCUT2D eigenvalue weighted by atomic mass is 19.4. The average Bonchev–Trinajstić information content (AvgIpc) is 2.82. The molecule has 184 valence electrons. The molecule has 36 heavy (non-hydrogen) atoms. The number of alkyl halides is 3. The Morgan fingerprint density at radius 3 is 2.39 bits per heavy atom. The Bertz CT molecular complexity index is 1530. The number of hydrogen-bond donors (Lipinski definition) is 0. The van der Waals surface area contributed by atoms with Crippen molar-refractivity contribution in [3.63, 3.8) is 0 Å². The molecule has 0 aliphatic rings. The van der Waals surface area contributed by atoms with Crippen LogP contribution in [-0.2, 0) is 0 Å². The molecule has 0 saturated heterocycles. The standard InChI is InChI=1S/C25H19F3N4O4/c1-30(2)14-13-16-15-17(7-12-22(16)32(34)35)23-29-21-6-4-3-5-20(21)24(33)31(23)18-8-10-19(11-9-18)36-25(26,27)28/h3-15H,1-2H3. The van der Waals surface area contributed by atoms with Gasteiger partial charge in [-0.05, 0) is 60.8 Å². The van der Waals surface area contributed by atoms with Crippen molar-refractivity contribution in [2.24, 2.45) is 0 Å². The number of rotatable bonds is 6. The summed E-state index contributed by atoms with van der Waals surface area (Å²) in [5.41, 5.74) is 0.733. The Kier molecular flexibility index (Phi) is 6.47. The van der Waals surface area contributed by atoms with Crippen LogP contribution in [0.5, 0.6) is 5.75 Å². The Hall–Kier alpha value is -4.67. The molecule has 8 nitrogen and oxygen atoms in total. The lowest BCUT2D eigenvalue weighted by Gasteiger charge is -2.15. The summed E-state index contributed by atoms with van der Waals surface area (Å²) in [4.78, 5) is 30.9. The largest absolute Gasteiger partial charge is 0.573 e. The zero-order valence-electron chi connectivity index (χ0n) is 19.1. The number of fused-ring (bicyclic) bond motifs is 1. The number of benzene rings is 3. The highest BCUT2D eigenvalue weighted by Crippen LogP contribution is 2.30. The number of nitrogens with zero attached hydrogens (tertiary/aromatic N) is 4. The zero-order valence-corrected chi connectivity index (χ0v) is 19.1. The van der Waals surface area contributed by atoms with Gasteiger partial charge in [0, 0.05) is 25.7 Å². The number of nitro groups is 1. The van der Waals surface area contributed by atoms with Gasteiger partial charge in [-0.3, -0.25) is 19.5 Å². The summed E-state index contributed by atoms with van der Waals surface area (Å²) in [6.45, 7) is 0. The smallest absolute Gasteiger partial charge is 0.406 e. The lowest BCUT2D eigenvalue weighted by Crippen LogP contribution is -2.22. The van der Waals surface area contributed by atoms with Crippen molar-refractivity contribution >= 4 is 22.7 Å². The maximum Gasteiger partial charge on any atom is 0.573 e. The third kappa shape index (κ3) is 5.19. The Balaban J connectivity index is 1.95. The Morgan fingerprint density at radius 2 is 1.75 bits per heavy atom. The predicted molar refractivity (Wildman–Crippen MR) is 129 cm³/mol. The Morgan fingerprint density at radius 1 is 1.06 bits per heavy atom. The molecular formula is C25H19F3N4O4. The Labute approximate surface area is 202 Å². The van der Waals surface area contributed by atoms with E-state index < -0.39 is 22.6 Å². The number of ether oxygens (including phenoxy) is 1. The minimum atomic E-state index is -4.86. The van der Waals surface area contributed by atoms with E-state index in [4.69, 9.17) is 0 Å². The molecule has 0 aliphatic heterocycles. The van der Waals surface area contributed by atoms with Crippen molar-refractivity contribution in [3.05, 3.63) is 99.0 Å². The van der Waals surface area contributed by atoms with E-state index in [0.717, 1.165) is 12.1 Å². The van der Waals surface area contributed by atoms with Gasteiger partial charge in [0.1, 0.15) is 11.6 Å². The second kappa shape index (κ2) is 9.53. The number of hydrogen-bond acceptors (Lipinski definition) is 6. The van der Waals surface area contributed by atoms with E-state index in [9.17, 15) is 28.1 Å². The molecule has 1 heterocycles. The molecule has 4 rings (SSSR count). The SMILES string of the molecule is CN(C)C=Cc1cc(-c2nc3ccccc3c(=O)n2-c2ccc(OC(F)(F)F)cc2)ccc1[N+](=O)[O-]. The molecule has 0 radical (unpaired) electrons. The van der Waals surface area contributed by atoms with E-state index in [1.165, 1.54) is 34.9 Å². The molecule has 0 aliphatic carbocycles. The van der Waals surface area contributed by atoms with Gasteiger partial charge in [0.05, 0.1) is 27.1 Å². The van der Waals surface area contributed by atoms with Crippen LogP contribution in [0.25, 0.3) is 34.1 Å². The summed E-state index contributed by atoms with van der Waals surface area (Å²) < 4.78 is 42.9. The lowest BCUT2D eigenvalue weighted by atomic mass is 10.1. The van der Waals surface area contributed by atoms with Crippen molar-refractivity contribution in [3.8, 4) is 22.8 Å². The quantitative estimate of drug-likeness (QED) is 0.263. The maximum absolute atomic E-state index is 13.5. The van der Waals surface area contributed by atoms with Crippen LogP contribution >= 0.6 is 0 Å². The molecule has 0 spiro atoms. The molecular weight excluding hydrogens is 477 g/mol. The first kappa shape index (κ1) is 24.5. The van der Waals surface area contributed by atoms with E-state index in [1.807, 2.05) is 0 Å². The second-order valence-electron chi connectivity index (χ2n) is 7.94. The first-order valence-electron chi connectivity index (χ1n) is 10.5. The highest BCUT2D eigenvalue weighted by Gasteiger charge is 2.31. The minimum Gasteiger partial charge on any atom is -0.406 e. The molecule has 3 aromatic carbocycles. The van der Waals surface area contributed by atoms with E-state index in [0.29, 0.717) is 16.5 Å². The number of aromatic nitrogens is 2. The predicted octanol–water partition coefficient (Wildman–Crippen LogP) is 5.39. The van der Waals surface area contributed by atoms with Crippen LogP contribution in [0.1, 0.15) is 5.56 Å². The summed E-state index contributed by atoms with van der Waals surface area (Å²) >= 11 is 0. The summed E-state index contributed by atoms with van der Waals surface area (Å²) in [7, 11) is 3.53. The molecule has 0 atom stereocenters. The summed E-state index contributed by atoms with van der Waals surface area (Å²) in [6, 6.07) is 15.8. The van der Waals surface area contributed by atoms with Gasteiger partial charge in [-0.2, -0.15) is 0 Å². The van der Waals surface area contributed by atoms with Crippen molar-refractivity contribution in [1.82, 2.24) is 14.5 Å². The fourth-order valence-corrected chi connectivity index (χ4v) is 3.59. The van der Waals surface area contributed by atoms with Crippen molar-refractivity contribution in [1.29, 1.82) is 0 Å². The summed E-state index contributed by atoms with van der Waals surface area (Å²) in [5.74, 6) is -0.279. The normalized spacial score (nSPS) is 11.7. The highest BCUT2D eigenvalue weighted by molar-refractivity contribution is 5.81. The van der Waals surface area contributed by atoms with Crippen molar-refractivity contribution in [2.75, 3.05) is 14.1 Å². The van der Waals surface area contributed by atoms with Crippen molar-refractivity contribution in [2.45, 2.75) is 6.36 Å². The lowest BCUT2D eigenvalue weighted by molar-refractivity contribution is -0.385. The molecule has 1 aromatic heterocycles. The van der Waals surface area contributed by atoms with Crippen LogP contribution < -0.4 is 10.3 Å². The molecule has 0 bridgehead atoms. The van der Waals surface area contributed by atoms with Gasteiger partial charge in [-0.15, -0.1) is 13.2 Å². The van der Waals surface area contributed by atoms with Gasteiger partial charge in [0.15, 0.2) is 0 Å². The molecule has 0 N–H and O–H groups in total. The van der Waals surface area contributed by atoms with Gasteiger partial charge in [0.2, 0.25) is 0 Å². The van der Waals surface area contributed by atoms with E-state index in [1.54, 1.807) is 55.5 Å². The number of para-hydroxylation sites is 1. The maximum atomic E-state index is 13.5. The molecule has 11 heteroatoms. The van der Waals surface area contributed by atoms with Gasteiger partial charge < -0.3 is 9.64 Å². The summed E-state index contributed by atoms with van der Waals surface area (Å²) in [6.07, 6.45) is -1.65. The monoisotopic (exact) mass is 496 g/mol. The van der Waals surface area contributed by atoms with Crippen molar-refractivity contribution < 1.29 is 22.8 Å². The van der Waals surface area contributed by atoms with Gasteiger partial charge in [-0.25, -0.2) is 4.98 Å². The molecule has 0 saturated carbocycles. The van der Waals surface area contributed by atoms with Gasteiger partial charge in [0.25, 0.3) is 11.2 Å². The van der Waals surface area contributed by atoms with Crippen LogP contribution in [0.15, 0.2) is 77.7 Å². The summed E-state index contributed by atoms with van der Waals surface area (Å²) in [5, 5.41) is 11.9. The number of halogens is 3. The van der Waals surface area contributed by atoms with Crippen LogP contribution in [-0.4, -0.2) is 39.8 Å². The minimum absolute atomic E-state index is 0.139. The molecule has 0 unspecified atom stereocenters. The van der Waals surface area contributed by atoms with Crippen LogP contribution in [0.2, 0.25) is 0 Å². The zero-order chi connectivity index (χ0) is 26.0. The third-order valence-electron chi connectivity index (χ3n) is 5.14. The fourth-order valence-electron chi connectivity index (χ4n) is 3.59. The van der Waals surface area contributed by atoms with Crippen LogP contribution in [0.3, 0.4) is 0 Å². The third-order valence-corrected chi connectivity index (χ3v) is 5.14. The van der Waals surface area contributed by atoms with Gasteiger partial charge >= 0.3 is 6.36 Å². The second-order valence-corrected chi connectivity index (χ2v) is 7.94. The molecule has 0 fully saturated rings. The topological polar surface area (TPSA) is 90.5 Å².